The summed E-state index contributed by atoms with van der Waals surface area (Å²) in [5.74, 6) is -0.989. The summed E-state index contributed by atoms with van der Waals surface area (Å²) in [6.45, 7) is 0.305. The fourth-order valence-electron chi connectivity index (χ4n) is 3.02. The number of aromatic nitrogens is 2. The zero-order chi connectivity index (χ0) is 18.4. The Morgan fingerprint density at radius 1 is 1.32 bits per heavy atom. The van der Waals surface area contributed by atoms with Crippen molar-refractivity contribution in [2.24, 2.45) is 13.0 Å². The number of nitrogens with zero attached hydrogens (tertiary/aromatic N) is 4. The van der Waals surface area contributed by atoms with Crippen molar-refractivity contribution in [1.82, 2.24) is 18.8 Å². The molecule has 3 heterocycles. The van der Waals surface area contributed by atoms with Gasteiger partial charge in [-0.2, -0.15) is 0 Å². The van der Waals surface area contributed by atoms with Crippen LogP contribution in [-0.2, 0) is 17.1 Å². The van der Waals surface area contributed by atoms with Crippen LogP contribution in [-0.4, -0.2) is 77.2 Å². The molecule has 1 fully saturated rings. The minimum absolute atomic E-state index is 0.110. The highest BCUT2D eigenvalue weighted by atomic mass is 32.2. The number of aryl methyl sites for hydroxylation is 1. The Labute approximate surface area is 146 Å². The fourth-order valence-corrected chi connectivity index (χ4v) is 4.19. The molecule has 25 heavy (non-hydrogen) atoms. The zero-order valence-corrected chi connectivity index (χ0v) is 15.3. The minimum atomic E-state index is -3.44. The Kier molecular flexibility index (Phi) is 4.56. The molecule has 2 atom stereocenters. The van der Waals surface area contributed by atoms with E-state index in [0.29, 0.717) is 5.65 Å². The number of rotatable bonds is 4. The summed E-state index contributed by atoms with van der Waals surface area (Å²) in [4.78, 5) is 18.6. The highest BCUT2D eigenvalue weighted by molar-refractivity contribution is 7.89. The summed E-state index contributed by atoms with van der Waals surface area (Å²) in [6, 6.07) is 5.40. The molecule has 0 bridgehead atoms. The SMILES string of the molecule is CN(C)S(=O)(=O)C[C@@H]1CN(C(=O)c2ccc3ccn(C)c3n2)C[C@H]1O. The first-order chi connectivity index (χ1) is 11.7. The first kappa shape index (κ1) is 17.8. The van der Waals surface area contributed by atoms with Crippen molar-refractivity contribution in [2.75, 3.05) is 32.9 Å². The highest BCUT2D eigenvalue weighted by Gasteiger charge is 2.38. The van der Waals surface area contributed by atoms with Gasteiger partial charge in [-0.3, -0.25) is 4.79 Å². The van der Waals surface area contributed by atoms with E-state index >= 15 is 0 Å². The molecule has 1 saturated heterocycles. The molecule has 1 aliphatic rings. The van der Waals surface area contributed by atoms with E-state index in [-0.39, 0.29) is 30.4 Å². The lowest BCUT2D eigenvalue weighted by molar-refractivity contribution is 0.0759. The number of sulfonamides is 1. The Morgan fingerprint density at radius 3 is 2.72 bits per heavy atom. The van der Waals surface area contributed by atoms with Crippen molar-refractivity contribution in [2.45, 2.75) is 6.10 Å². The van der Waals surface area contributed by atoms with Crippen LogP contribution < -0.4 is 0 Å². The molecule has 3 rings (SSSR count). The van der Waals surface area contributed by atoms with Crippen LogP contribution in [0.1, 0.15) is 10.5 Å². The van der Waals surface area contributed by atoms with Crippen LogP contribution in [0.25, 0.3) is 11.0 Å². The topological polar surface area (TPSA) is 95.7 Å². The first-order valence-electron chi connectivity index (χ1n) is 7.98. The molecule has 0 aromatic carbocycles. The van der Waals surface area contributed by atoms with Crippen LogP contribution in [0.2, 0.25) is 0 Å². The zero-order valence-electron chi connectivity index (χ0n) is 14.5. The Balaban J connectivity index is 1.77. The predicted molar refractivity (Wildman–Crippen MR) is 93.6 cm³/mol. The molecule has 0 aliphatic carbocycles. The maximum absolute atomic E-state index is 12.7. The molecule has 0 unspecified atom stereocenters. The van der Waals surface area contributed by atoms with Gasteiger partial charge in [0.15, 0.2) is 0 Å². The van der Waals surface area contributed by atoms with Gasteiger partial charge in [0.1, 0.15) is 11.3 Å². The number of pyridine rings is 1. The Hall–Kier alpha value is -1.97. The molecule has 0 radical (unpaired) electrons. The second kappa shape index (κ2) is 6.40. The van der Waals surface area contributed by atoms with Gasteiger partial charge in [-0.05, 0) is 18.2 Å². The van der Waals surface area contributed by atoms with Gasteiger partial charge in [-0.15, -0.1) is 0 Å². The lowest BCUT2D eigenvalue weighted by atomic mass is 10.1. The van der Waals surface area contributed by atoms with Crippen LogP contribution in [0.5, 0.6) is 0 Å². The molecule has 8 nitrogen and oxygen atoms in total. The van der Waals surface area contributed by atoms with Gasteiger partial charge in [0, 0.05) is 51.7 Å². The van der Waals surface area contributed by atoms with Gasteiger partial charge in [0.25, 0.3) is 5.91 Å². The minimum Gasteiger partial charge on any atom is -0.391 e. The van der Waals surface area contributed by atoms with Gasteiger partial charge in [-0.25, -0.2) is 17.7 Å². The van der Waals surface area contributed by atoms with Crippen molar-refractivity contribution in [1.29, 1.82) is 0 Å². The van der Waals surface area contributed by atoms with E-state index in [4.69, 9.17) is 0 Å². The average molecular weight is 366 g/mol. The van der Waals surface area contributed by atoms with Gasteiger partial charge in [0.05, 0.1) is 11.9 Å². The van der Waals surface area contributed by atoms with Gasteiger partial charge < -0.3 is 14.6 Å². The lowest BCUT2D eigenvalue weighted by Crippen LogP contribution is -2.33. The van der Waals surface area contributed by atoms with E-state index < -0.39 is 22.0 Å². The van der Waals surface area contributed by atoms with Crippen LogP contribution in [0.15, 0.2) is 24.4 Å². The average Bonchev–Trinajstić information content (AvgIpc) is 3.10. The molecule has 1 N–H and O–H groups in total. The maximum atomic E-state index is 12.7. The molecular formula is C16H22N4O4S. The molecule has 0 spiro atoms. The number of hydrogen-bond donors (Lipinski definition) is 1. The number of carbonyl (C=O) groups excluding carboxylic acids is 1. The maximum Gasteiger partial charge on any atom is 0.272 e. The molecule has 2 aromatic rings. The number of hydrogen-bond acceptors (Lipinski definition) is 5. The smallest absolute Gasteiger partial charge is 0.272 e. The third-order valence-electron chi connectivity index (χ3n) is 4.61. The Morgan fingerprint density at radius 2 is 2.04 bits per heavy atom. The quantitative estimate of drug-likeness (QED) is 0.815. The largest absolute Gasteiger partial charge is 0.391 e. The molecule has 9 heteroatoms. The summed E-state index contributed by atoms with van der Waals surface area (Å²) >= 11 is 0. The van der Waals surface area contributed by atoms with E-state index in [1.54, 1.807) is 6.07 Å². The van der Waals surface area contributed by atoms with Crippen molar-refractivity contribution in [3.05, 3.63) is 30.1 Å². The predicted octanol–water partition coefficient (Wildman–Crippen LogP) is -0.102. The molecule has 0 saturated carbocycles. The van der Waals surface area contributed by atoms with Crippen molar-refractivity contribution >= 4 is 27.0 Å². The number of aliphatic hydroxyl groups excluding tert-OH is 1. The number of likely N-dealkylation sites (tertiary alicyclic amines) is 1. The summed E-state index contributed by atoms with van der Waals surface area (Å²) in [7, 11) is 1.33. The number of amides is 1. The monoisotopic (exact) mass is 366 g/mol. The van der Waals surface area contributed by atoms with Crippen molar-refractivity contribution in [3.8, 4) is 0 Å². The van der Waals surface area contributed by atoms with Gasteiger partial charge in [0.2, 0.25) is 10.0 Å². The van der Waals surface area contributed by atoms with Crippen LogP contribution in [0.3, 0.4) is 0 Å². The van der Waals surface area contributed by atoms with E-state index in [2.05, 4.69) is 4.98 Å². The summed E-state index contributed by atoms with van der Waals surface area (Å²) in [6.07, 6.45) is 1.01. The van der Waals surface area contributed by atoms with Crippen molar-refractivity contribution in [3.63, 3.8) is 0 Å². The second-order valence-electron chi connectivity index (χ2n) is 6.63. The van der Waals surface area contributed by atoms with E-state index in [1.807, 2.05) is 29.9 Å². The standard InChI is InChI=1S/C16H22N4O4S/c1-18(2)25(23,24)10-12-8-20(9-14(12)21)16(22)13-5-4-11-6-7-19(3)15(11)17-13/h4-7,12,14,21H,8-10H2,1-3H3/t12-,14+/m0/s1. The van der Waals surface area contributed by atoms with Crippen molar-refractivity contribution < 1.29 is 18.3 Å². The van der Waals surface area contributed by atoms with Crippen LogP contribution in [0.4, 0.5) is 0 Å². The highest BCUT2D eigenvalue weighted by Crippen LogP contribution is 2.22. The molecular weight excluding hydrogens is 344 g/mol. The van der Waals surface area contributed by atoms with Crippen LogP contribution in [0, 0.1) is 5.92 Å². The first-order valence-corrected chi connectivity index (χ1v) is 9.59. The number of fused-ring (bicyclic) bond motifs is 1. The normalized spacial score (nSPS) is 21.4. The van der Waals surface area contributed by atoms with E-state index in [9.17, 15) is 18.3 Å². The fraction of sp³-hybridized carbons (Fsp3) is 0.500. The Bertz CT molecular complexity index is 906. The van der Waals surface area contributed by atoms with E-state index in [1.165, 1.54) is 19.0 Å². The summed E-state index contributed by atoms with van der Waals surface area (Å²) < 4.78 is 27.0. The van der Waals surface area contributed by atoms with E-state index in [0.717, 1.165) is 9.69 Å². The van der Waals surface area contributed by atoms with Gasteiger partial charge in [-0.1, -0.05) is 0 Å². The van der Waals surface area contributed by atoms with Crippen LogP contribution >= 0.6 is 0 Å². The molecule has 1 aliphatic heterocycles. The number of aliphatic hydroxyl groups is 1. The summed E-state index contributed by atoms with van der Waals surface area (Å²) in [5.41, 5.74) is 0.995. The number of β-amino-alcohol motifs (C(OH)–C–C–N with tert-alkyl or cyclic N) is 1. The third-order valence-corrected chi connectivity index (χ3v) is 6.57. The van der Waals surface area contributed by atoms with Gasteiger partial charge >= 0.3 is 0 Å². The second-order valence-corrected chi connectivity index (χ2v) is 8.86. The summed E-state index contributed by atoms with van der Waals surface area (Å²) in [5, 5.41) is 11.1. The molecule has 1 amide bonds. The third kappa shape index (κ3) is 3.39. The lowest BCUT2D eigenvalue weighted by Gasteiger charge is -2.18. The molecule has 2 aromatic heterocycles. The molecule has 136 valence electrons. The number of carbonyl (C=O) groups is 1.